The van der Waals surface area contributed by atoms with E-state index in [9.17, 15) is 8.42 Å². The fourth-order valence-electron chi connectivity index (χ4n) is 2.45. The van der Waals surface area contributed by atoms with Crippen molar-refractivity contribution in [1.29, 1.82) is 0 Å². The van der Waals surface area contributed by atoms with Crippen LogP contribution in [0.2, 0.25) is 0 Å². The molecule has 124 valence electrons. The van der Waals surface area contributed by atoms with Crippen molar-refractivity contribution in [2.45, 2.75) is 29.0 Å². The Morgan fingerprint density at radius 3 is 2.46 bits per heavy atom. The number of thiazole rings is 1. The smallest absolute Gasteiger partial charge is 0.217 e. The van der Waals surface area contributed by atoms with Gasteiger partial charge in [-0.3, -0.25) is 0 Å². The molecule has 0 radical (unpaired) electrons. The molecule has 4 nitrogen and oxygen atoms in total. The third-order valence-electron chi connectivity index (χ3n) is 3.76. The van der Waals surface area contributed by atoms with Gasteiger partial charge < -0.3 is 5.73 Å². The second kappa shape index (κ2) is 6.84. The number of aromatic nitrogens is 1. The van der Waals surface area contributed by atoms with Gasteiger partial charge in [-0.1, -0.05) is 43.3 Å². The lowest BCUT2D eigenvalue weighted by Gasteiger charge is -2.09. The molecule has 0 fully saturated rings. The van der Waals surface area contributed by atoms with E-state index in [0.29, 0.717) is 9.90 Å². The number of hydrogen-bond donors (Lipinski definition) is 1. The monoisotopic (exact) mass is 358 g/mol. The van der Waals surface area contributed by atoms with Gasteiger partial charge in [0.1, 0.15) is 9.22 Å². The van der Waals surface area contributed by atoms with E-state index in [1.807, 2.05) is 43.3 Å². The van der Waals surface area contributed by atoms with Crippen molar-refractivity contribution in [2.24, 2.45) is 5.73 Å². The fourth-order valence-corrected chi connectivity index (χ4v) is 5.00. The molecule has 3 aromatic rings. The van der Waals surface area contributed by atoms with Crippen molar-refractivity contribution in [2.75, 3.05) is 0 Å². The molecule has 0 bridgehead atoms. The quantitative estimate of drug-likeness (QED) is 0.755. The molecule has 0 aliphatic heterocycles. The molecule has 3 rings (SSSR count). The SMILES string of the molecule is CCc1cc(-c2ccccc2)cc(S(=O)(=O)c2cnc(CN)s2)c1. The number of nitrogens with two attached hydrogens (primary N) is 1. The van der Waals surface area contributed by atoms with Gasteiger partial charge in [-0.25, -0.2) is 13.4 Å². The van der Waals surface area contributed by atoms with Gasteiger partial charge in [0.2, 0.25) is 9.84 Å². The molecule has 24 heavy (non-hydrogen) atoms. The molecule has 2 N–H and O–H groups in total. The van der Waals surface area contributed by atoms with E-state index in [2.05, 4.69) is 4.98 Å². The molecule has 0 spiro atoms. The normalized spacial score (nSPS) is 11.6. The number of sulfone groups is 1. The highest BCUT2D eigenvalue weighted by Gasteiger charge is 2.22. The van der Waals surface area contributed by atoms with Gasteiger partial charge in [-0.2, -0.15) is 0 Å². The molecule has 0 atom stereocenters. The molecule has 2 aromatic carbocycles. The van der Waals surface area contributed by atoms with Crippen molar-refractivity contribution in [3.8, 4) is 11.1 Å². The van der Waals surface area contributed by atoms with Crippen molar-refractivity contribution in [3.63, 3.8) is 0 Å². The average Bonchev–Trinajstić information content (AvgIpc) is 3.12. The second-order valence-corrected chi connectivity index (χ2v) is 8.66. The Labute approximate surface area is 145 Å². The molecule has 0 amide bonds. The molecule has 0 saturated heterocycles. The van der Waals surface area contributed by atoms with Crippen LogP contribution in [0.15, 0.2) is 63.8 Å². The van der Waals surface area contributed by atoms with Gasteiger partial charge in [0, 0.05) is 6.54 Å². The molecule has 1 aromatic heterocycles. The van der Waals surface area contributed by atoms with E-state index in [1.54, 1.807) is 12.1 Å². The van der Waals surface area contributed by atoms with Crippen LogP contribution in [0, 0.1) is 0 Å². The third kappa shape index (κ3) is 3.26. The lowest BCUT2D eigenvalue weighted by molar-refractivity contribution is 0.598. The summed E-state index contributed by atoms with van der Waals surface area (Å²) in [4.78, 5) is 4.36. The molecule has 0 aliphatic carbocycles. The summed E-state index contributed by atoms with van der Waals surface area (Å²) >= 11 is 1.13. The van der Waals surface area contributed by atoms with Gasteiger partial charge in [0.05, 0.1) is 11.1 Å². The van der Waals surface area contributed by atoms with Crippen LogP contribution in [0.25, 0.3) is 11.1 Å². The first-order chi connectivity index (χ1) is 11.5. The highest BCUT2D eigenvalue weighted by atomic mass is 32.2. The van der Waals surface area contributed by atoms with Crippen LogP contribution in [0.5, 0.6) is 0 Å². The summed E-state index contributed by atoms with van der Waals surface area (Å²) in [5.41, 5.74) is 8.43. The molecule has 6 heteroatoms. The Hall–Kier alpha value is -2.02. The van der Waals surface area contributed by atoms with Crippen LogP contribution >= 0.6 is 11.3 Å². The first-order valence-corrected chi connectivity index (χ1v) is 9.94. The number of hydrogen-bond acceptors (Lipinski definition) is 5. The summed E-state index contributed by atoms with van der Waals surface area (Å²) in [6, 6.07) is 15.3. The summed E-state index contributed by atoms with van der Waals surface area (Å²) in [6.07, 6.45) is 2.16. The van der Waals surface area contributed by atoms with E-state index >= 15 is 0 Å². The maximum absolute atomic E-state index is 12.9. The minimum Gasteiger partial charge on any atom is -0.325 e. The Bertz CT molecular complexity index is 948. The summed E-state index contributed by atoms with van der Waals surface area (Å²) in [5.74, 6) is 0. The second-order valence-electron chi connectivity index (χ2n) is 5.37. The first-order valence-electron chi connectivity index (χ1n) is 7.64. The van der Waals surface area contributed by atoms with Crippen LogP contribution in [-0.4, -0.2) is 13.4 Å². The lowest BCUT2D eigenvalue weighted by atomic mass is 10.0. The van der Waals surface area contributed by atoms with Crippen LogP contribution in [0.4, 0.5) is 0 Å². The van der Waals surface area contributed by atoms with Crippen LogP contribution in [0.1, 0.15) is 17.5 Å². The van der Waals surface area contributed by atoms with E-state index in [1.165, 1.54) is 6.20 Å². The van der Waals surface area contributed by atoms with Crippen molar-refractivity contribution in [1.82, 2.24) is 4.98 Å². The standard InChI is InChI=1S/C18H18N2O2S2/c1-2-13-8-15(14-6-4-3-5-7-14)10-16(9-13)24(21,22)18-12-20-17(11-19)23-18/h3-10,12H,2,11,19H2,1H3. The Kier molecular flexibility index (Phi) is 4.80. The Morgan fingerprint density at radius 2 is 1.83 bits per heavy atom. The van der Waals surface area contributed by atoms with Crippen LogP contribution in [0.3, 0.4) is 0 Å². The van der Waals surface area contributed by atoms with E-state index < -0.39 is 9.84 Å². The highest BCUT2D eigenvalue weighted by molar-refractivity contribution is 7.93. The zero-order valence-electron chi connectivity index (χ0n) is 13.3. The number of rotatable bonds is 5. The number of nitrogens with zero attached hydrogens (tertiary/aromatic N) is 1. The number of benzene rings is 2. The predicted octanol–water partition coefficient (Wildman–Crippen LogP) is 3.66. The highest BCUT2D eigenvalue weighted by Crippen LogP contribution is 2.30. The first kappa shape index (κ1) is 16.8. The Balaban J connectivity index is 2.13. The van der Waals surface area contributed by atoms with E-state index in [4.69, 9.17) is 5.73 Å². The zero-order chi connectivity index (χ0) is 17.2. The van der Waals surface area contributed by atoms with Crippen molar-refractivity contribution < 1.29 is 8.42 Å². The summed E-state index contributed by atoms with van der Waals surface area (Å²) in [6.45, 7) is 2.25. The van der Waals surface area contributed by atoms with Crippen LogP contribution < -0.4 is 5.73 Å². The largest absolute Gasteiger partial charge is 0.325 e. The molecular formula is C18H18N2O2S2. The zero-order valence-corrected chi connectivity index (χ0v) is 14.9. The third-order valence-corrected chi connectivity index (χ3v) is 6.98. The summed E-state index contributed by atoms with van der Waals surface area (Å²) in [7, 11) is -3.59. The average molecular weight is 358 g/mol. The van der Waals surface area contributed by atoms with Gasteiger partial charge in [-0.15, -0.1) is 11.3 Å². The molecule has 0 aliphatic rings. The summed E-state index contributed by atoms with van der Waals surface area (Å²) < 4.78 is 26.1. The minimum absolute atomic E-state index is 0.232. The van der Waals surface area contributed by atoms with Gasteiger partial charge in [0.25, 0.3) is 0 Å². The predicted molar refractivity (Wildman–Crippen MR) is 96.7 cm³/mol. The van der Waals surface area contributed by atoms with Crippen molar-refractivity contribution in [3.05, 3.63) is 65.3 Å². The van der Waals surface area contributed by atoms with Crippen LogP contribution in [-0.2, 0) is 22.8 Å². The summed E-state index contributed by atoms with van der Waals surface area (Å²) in [5, 5.41) is 0.614. The fraction of sp³-hybridized carbons (Fsp3) is 0.167. The Morgan fingerprint density at radius 1 is 1.08 bits per heavy atom. The van der Waals surface area contributed by atoms with E-state index in [-0.39, 0.29) is 10.8 Å². The lowest BCUT2D eigenvalue weighted by Crippen LogP contribution is -2.01. The minimum atomic E-state index is -3.59. The molecule has 1 heterocycles. The van der Waals surface area contributed by atoms with Crippen molar-refractivity contribution >= 4 is 21.2 Å². The maximum atomic E-state index is 12.9. The van der Waals surface area contributed by atoms with Gasteiger partial charge in [0.15, 0.2) is 0 Å². The topological polar surface area (TPSA) is 73.0 Å². The maximum Gasteiger partial charge on any atom is 0.217 e. The van der Waals surface area contributed by atoms with Gasteiger partial charge >= 0.3 is 0 Å². The molecule has 0 unspecified atom stereocenters. The molecule has 0 saturated carbocycles. The molecular weight excluding hydrogens is 340 g/mol. The number of aryl methyl sites for hydroxylation is 1. The van der Waals surface area contributed by atoms with E-state index in [0.717, 1.165) is 34.4 Å². The van der Waals surface area contributed by atoms with Gasteiger partial charge in [-0.05, 0) is 35.2 Å².